The molecule has 0 saturated heterocycles. The maximum Gasteiger partial charge on any atom is 0.315 e. The average molecular weight is 430 g/mol. The number of oxime groups is 1. The van der Waals surface area contributed by atoms with E-state index in [1.54, 1.807) is 7.11 Å². The maximum atomic E-state index is 13.2. The number of allylic oxidation sites excluding steroid dienone is 2. The Morgan fingerprint density at radius 1 is 1.10 bits per heavy atom. The van der Waals surface area contributed by atoms with Gasteiger partial charge in [-0.15, -0.1) is 0 Å². The van der Waals surface area contributed by atoms with E-state index in [1.807, 2.05) is 0 Å². The van der Waals surface area contributed by atoms with Gasteiger partial charge in [0, 0.05) is 17.8 Å². The van der Waals surface area contributed by atoms with Crippen LogP contribution in [0.5, 0.6) is 0 Å². The van der Waals surface area contributed by atoms with Crippen molar-refractivity contribution in [2.24, 2.45) is 45.6 Å². The number of hydrogen-bond donors (Lipinski definition) is 0. The average Bonchev–Trinajstić information content (AvgIpc) is 3.06. The maximum absolute atomic E-state index is 13.2. The Morgan fingerprint density at radius 2 is 1.87 bits per heavy atom. The number of fused-ring (bicyclic) bond motifs is 4. The number of ether oxygens (including phenoxy) is 1. The number of carbonyl (C=O) groups excluding carboxylic acids is 1. The van der Waals surface area contributed by atoms with E-state index in [4.69, 9.17) is 9.57 Å². The van der Waals surface area contributed by atoms with Gasteiger partial charge in [0.2, 0.25) is 0 Å². The molecule has 6 atom stereocenters. The Hall–Kier alpha value is -1.32. The minimum atomic E-state index is -0.106. The number of rotatable bonds is 6. The summed E-state index contributed by atoms with van der Waals surface area (Å²) in [6.07, 6.45) is 11.4. The summed E-state index contributed by atoms with van der Waals surface area (Å²) >= 11 is 0. The van der Waals surface area contributed by atoms with Crippen molar-refractivity contribution >= 4 is 11.7 Å². The first kappa shape index (κ1) is 22.9. The van der Waals surface area contributed by atoms with Crippen LogP contribution in [0.1, 0.15) is 98.8 Å². The van der Waals surface area contributed by atoms with Crippen molar-refractivity contribution in [2.45, 2.75) is 98.8 Å². The van der Waals surface area contributed by atoms with Gasteiger partial charge in [-0.1, -0.05) is 59.0 Å². The molecule has 0 aromatic carbocycles. The molecule has 174 valence electrons. The van der Waals surface area contributed by atoms with Crippen LogP contribution in [0.25, 0.3) is 0 Å². The SMILES string of the molecule is CON=C1CC[C@]2(C)C3=C(OC(=O)C2C1)[C@@H]1CC[C@H]([C@@H](C)CCCC(C)C)[C@@]1(C)CC3. The fourth-order valence-corrected chi connectivity index (χ4v) is 7.70. The molecule has 3 aliphatic carbocycles. The Balaban J connectivity index is 1.56. The lowest BCUT2D eigenvalue weighted by Gasteiger charge is -2.52. The van der Waals surface area contributed by atoms with Crippen LogP contribution < -0.4 is 0 Å². The van der Waals surface area contributed by atoms with E-state index in [1.165, 1.54) is 44.1 Å². The van der Waals surface area contributed by atoms with Gasteiger partial charge < -0.3 is 9.57 Å². The third-order valence-electron chi connectivity index (χ3n) is 9.61. The summed E-state index contributed by atoms with van der Waals surface area (Å²) in [5, 5.41) is 4.17. The third kappa shape index (κ3) is 3.86. The normalized spacial score (nSPS) is 39.8. The van der Waals surface area contributed by atoms with E-state index in [-0.39, 0.29) is 22.7 Å². The van der Waals surface area contributed by atoms with Gasteiger partial charge in [0.05, 0.1) is 11.6 Å². The third-order valence-corrected chi connectivity index (χ3v) is 9.61. The van der Waals surface area contributed by atoms with Crippen LogP contribution in [0, 0.1) is 40.4 Å². The highest BCUT2D eigenvalue weighted by atomic mass is 16.6. The molecule has 0 amide bonds. The van der Waals surface area contributed by atoms with Gasteiger partial charge in [0.25, 0.3) is 0 Å². The molecule has 1 aliphatic heterocycles. The highest BCUT2D eigenvalue weighted by Crippen LogP contribution is 2.64. The summed E-state index contributed by atoms with van der Waals surface area (Å²) in [6.45, 7) is 12.0. The van der Waals surface area contributed by atoms with Crippen LogP contribution >= 0.6 is 0 Å². The van der Waals surface area contributed by atoms with Crippen LogP contribution in [0.4, 0.5) is 0 Å². The zero-order valence-electron chi connectivity index (χ0n) is 20.6. The molecule has 4 rings (SSSR count). The predicted octanol–water partition coefficient (Wildman–Crippen LogP) is 6.89. The van der Waals surface area contributed by atoms with Gasteiger partial charge in [0.1, 0.15) is 12.9 Å². The van der Waals surface area contributed by atoms with Crippen molar-refractivity contribution in [2.75, 3.05) is 7.11 Å². The second-order valence-electron chi connectivity index (χ2n) is 11.8. The number of hydrogen-bond acceptors (Lipinski definition) is 4. The van der Waals surface area contributed by atoms with E-state index in [2.05, 4.69) is 39.8 Å². The van der Waals surface area contributed by atoms with Crippen LogP contribution in [0.15, 0.2) is 16.5 Å². The molecule has 4 heteroatoms. The Morgan fingerprint density at radius 3 is 2.58 bits per heavy atom. The van der Waals surface area contributed by atoms with Gasteiger partial charge >= 0.3 is 5.97 Å². The molecule has 2 saturated carbocycles. The number of nitrogens with zero attached hydrogens (tertiary/aromatic N) is 1. The highest BCUT2D eigenvalue weighted by Gasteiger charge is 2.59. The Labute approximate surface area is 189 Å². The Kier molecular flexibility index (Phi) is 6.31. The molecular formula is C27H43NO3. The first-order chi connectivity index (χ1) is 14.7. The summed E-state index contributed by atoms with van der Waals surface area (Å²) in [5.41, 5.74) is 2.67. The topological polar surface area (TPSA) is 47.9 Å². The van der Waals surface area contributed by atoms with Gasteiger partial charge in [-0.25, -0.2) is 0 Å². The monoisotopic (exact) mass is 429 g/mol. The van der Waals surface area contributed by atoms with Crippen molar-refractivity contribution in [1.82, 2.24) is 0 Å². The molecule has 0 aromatic heterocycles. The predicted molar refractivity (Wildman–Crippen MR) is 124 cm³/mol. The zero-order valence-corrected chi connectivity index (χ0v) is 20.6. The molecule has 2 fully saturated rings. The first-order valence-electron chi connectivity index (χ1n) is 12.7. The number of esters is 1. The molecule has 0 aromatic rings. The summed E-state index contributed by atoms with van der Waals surface area (Å²) in [5.74, 6) is 3.66. The molecule has 31 heavy (non-hydrogen) atoms. The molecular weight excluding hydrogens is 386 g/mol. The largest absolute Gasteiger partial charge is 0.431 e. The molecule has 0 spiro atoms. The van der Waals surface area contributed by atoms with Crippen molar-refractivity contribution in [1.29, 1.82) is 0 Å². The highest BCUT2D eigenvalue weighted by molar-refractivity contribution is 5.91. The van der Waals surface area contributed by atoms with Crippen LogP contribution in [-0.2, 0) is 14.4 Å². The lowest BCUT2D eigenvalue weighted by molar-refractivity contribution is -0.154. The summed E-state index contributed by atoms with van der Waals surface area (Å²) < 4.78 is 6.22. The second-order valence-corrected chi connectivity index (χ2v) is 11.8. The molecule has 4 nitrogen and oxygen atoms in total. The summed E-state index contributed by atoms with van der Waals surface area (Å²) in [6, 6.07) is 0. The smallest absolute Gasteiger partial charge is 0.315 e. The lowest BCUT2D eigenvalue weighted by Crippen LogP contribution is -2.49. The number of carbonyl (C=O) groups is 1. The van der Waals surface area contributed by atoms with E-state index in [0.29, 0.717) is 12.3 Å². The minimum absolute atomic E-state index is 0.0255. The van der Waals surface area contributed by atoms with Gasteiger partial charge in [-0.05, 0) is 67.3 Å². The molecule has 0 N–H and O–H groups in total. The van der Waals surface area contributed by atoms with E-state index >= 15 is 0 Å². The molecule has 0 radical (unpaired) electrons. The fraction of sp³-hybridized carbons (Fsp3) is 0.852. The van der Waals surface area contributed by atoms with Crippen molar-refractivity contribution in [3.05, 3.63) is 11.3 Å². The van der Waals surface area contributed by atoms with E-state index in [9.17, 15) is 4.79 Å². The van der Waals surface area contributed by atoms with Gasteiger partial charge in [-0.2, -0.15) is 0 Å². The standard InChI is InChI=1S/C27H43NO3/c1-17(2)8-7-9-18(3)20-10-11-21-24-22(13-15-26(20,21)4)27(5)14-12-19(28-30-6)16-23(27)25(29)31-24/h17-18,20-21,23H,7-16H2,1-6H3/t18-,20+,21-,23?,26+,27+/m0/s1. The van der Waals surface area contributed by atoms with E-state index < -0.39 is 0 Å². The molecule has 1 heterocycles. The van der Waals surface area contributed by atoms with Gasteiger partial charge in [-0.3, -0.25) is 4.79 Å². The zero-order chi connectivity index (χ0) is 22.4. The fourth-order valence-electron chi connectivity index (χ4n) is 7.70. The first-order valence-corrected chi connectivity index (χ1v) is 12.7. The van der Waals surface area contributed by atoms with E-state index in [0.717, 1.165) is 48.5 Å². The molecule has 1 unspecified atom stereocenters. The minimum Gasteiger partial charge on any atom is -0.431 e. The Bertz CT molecular complexity index is 768. The van der Waals surface area contributed by atoms with Crippen LogP contribution in [-0.4, -0.2) is 18.8 Å². The summed E-state index contributed by atoms with van der Waals surface area (Å²) in [7, 11) is 1.59. The van der Waals surface area contributed by atoms with Crippen molar-refractivity contribution in [3.8, 4) is 0 Å². The van der Waals surface area contributed by atoms with Crippen LogP contribution in [0.3, 0.4) is 0 Å². The molecule has 4 aliphatic rings. The quantitative estimate of drug-likeness (QED) is 0.341. The van der Waals surface area contributed by atoms with Gasteiger partial charge in [0.15, 0.2) is 0 Å². The molecule has 0 bridgehead atoms. The van der Waals surface area contributed by atoms with Crippen molar-refractivity contribution in [3.63, 3.8) is 0 Å². The van der Waals surface area contributed by atoms with Crippen LogP contribution in [0.2, 0.25) is 0 Å². The summed E-state index contributed by atoms with van der Waals surface area (Å²) in [4.78, 5) is 18.2. The second kappa shape index (κ2) is 8.56. The van der Waals surface area contributed by atoms with Crippen molar-refractivity contribution < 1.29 is 14.4 Å². The lowest BCUT2D eigenvalue weighted by atomic mass is 9.54.